The molecule has 1 atom stereocenters. The zero-order chi connectivity index (χ0) is 13.7. The maximum absolute atomic E-state index is 12.3. The Hall–Kier alpha value is -0.650. The van der Waals surface area contributed by atoms with E-state index in [0.29, 0.717) is 18.5 Å². The summed E-state index contributed by atoms with van der Waals surface area (Å²) in [7, 11) is 0. The summed E-state index contributed by atoms with van der Waals surface area (Å²) < 4.78 is 0. The van der Waals surface area contributed by atoms with Crippen LogP contribution in [0.2, 0.25) is 0 Å². The molecule has 2 heterocycles. The summed E-state index contributed by atoms with van der Waals surface area (Å²) >= 11 is 0. The van der Waals surface area contributed by atoms with Gasteiger partial charge in [0, 0.05) is 45.3 Å². The van der Waals surface area contributed by atoms with E-state index in [1.54, 1.807) is 0 Å². The van der Waals surface area contributed by atoms with Gasteiger partial charge in [0.15, 0.2) is 0 Å². The Labute approximate surface area is 116 Å². The molecule has 0 bridgehead atoms. The average Bonchev–Trinajstić information content (AvgIpc) is 2.95. The van der Waals surface area contributed by atoms with Crippen LogP contribution in [0.15, 0.2) is 0 Å². The van der Waals surface area contributed by atoms with Crippen molar-refractivity contribution in [3.05, 3.63) is 0 Å². The van der Waals surface area contributed by atoms with Gasteiger partial charge in [-0.05, 0) is 19.5 Å². The van der Waals surface area contributed by atoms with E-state index in [-0.39, 0.29) is 0 Å². The fraction of sp³-hybridized carbons (Fsp3) is 0.929. The van der Waals surface area contributed by atoms with Gasteiger partial charge in [-0.3, -0.25) is 14.6 Å². The minimum Gasteiger partial charge on any atom is -0.340 e. The molecule has 110 valence electrons. The molecule has 2 fully saturated rings. The van der Waals surface area contributed by atoms with Crippen molar-refractivity contribution in [2.45, 2.75) is 26.3 Å². The molecule has 19 heavy (non-hydrogen) atoms. The lowest BCUT2D eigenvalue weighted by Crippen LogP contribution is -2.49. The summed E-state index contributed by atoms with van der Waals surface area (Å²) in [4.78, 5) is 19.1. The molecule has 2 rings (SSSR count). The lowest BCUT2D eigenvalue weighted by molar-refractivity contribution is -0.131. The number of nitrogens with one attached hydrogen (secondary N) is 1. The molecule has 5 heteroatoms. The fourth-order valence-electron chi connectivity index (χ4n) is 3.05. The normalized spacial score (nSPS) is 25.2. The van der Waals surface area contributed by atoms with Gasteiger partial charge in [0.25, 0.3) is 0 Å². The summed E-state index contributed by atoms with van der Waals surface area (Å²) in [6.07, 6.45) is 1.14. The molecule has 0 spiro atoms. The molecule has 2 aliphatic rings. The molecule has 2 saturated heterocycles. The molecular weight excluding hydrogens is 240 g/mol. The number of likely N-dealkylation sites (tertiary alicyclic amines) is 1. The van der Waals surface area contributed by atoms with Crippen LogP contribution < -0.4 is 5.32 Å². The number of amides is 1. The Morgan fingerprint density at radius 3 is 2.53 bits per heavy atom. The fourth-order valence-corrected chi connectivity index (χ4v) is 3.05. The zero-order valence-electron chi connectivity index (χ0n) is 12.4. The van der Waals surface area contributed by atoms with Crippen LogP contribution in [0.3, 0.4) is 0 Å². The van der Waals surface area contributed by atoms with Crippen molar-refractivity contribution in [2.24, 2.45) is 0 Å². The Balaban J connectivity index is 1.78. The molecule has 1 unspecified atom stereocenters. The van der Waals surface area contributed by atoms with E-state index in [0.717, 1.165) is 58.8 Å². The summed E-state index contributed by atoms with van der Waals surface area (Å²) in [6.45, 7) is 13.0. The Bertz CT molecular complexity index is 287. The second-order valence-corrected chi connectivity index (χ2v) is 5.53. The van der Waals surface area contributed by atoms with Crippen molar-refractivity contribution in [1.29, 1.82) is 0 Å². The largest absolute Gasteiger partial charge is 0.340 e. The minimum absolute atomic E-state index is 0.307. The molecule has 0 aliphatic carbocycles. The van der Waals surface area contributed by atoms with Crippen molar-refractivity contribution in [3.63, 3.8) is 0 Å². The highest BCUT2D eigenvalue weighted by molar-refractivity contribution is 5.78. The Kier molecular flexibility index (Phi) is 5.60. The molecule has 2 aliphatic heterocycles. The Morgan fingerprint density at radius 2 is 1.89 bits per heavy atom. The van der Waals surface area contributed by atoms with E-state index < -0.39 is 0 Å². The second-order valence-electron chi connectivity index (χ2n) is 5.53. The van der Waals surface area contributed by atoms with Gasteiger partial charge in [-0.2, -0.15) is 0 Å². The van der Waals surface area contributed by atoms with E-state index in [4.69, 9.17) is 0 Å². The maximum atomic E-state index is 12.3. The van der Waals surface area contributed by atoms with Crippen LogP contribution in [-0.4, -0.2) is 85.6 Å². The quantitative estimate of drug-likeness (QED) is 0.752. The first-order valence-corrected chi connectivity index (χ1v) is 7.69. The molecule has 0 aromatic rings. The second kappa shape index (κ2) is 7.22. The van der Waals surface area contributed by atoms with Gasteiger partial charge in [-0.1, -0.05) is 13.8 Å². The topological polar surface area (TPSA) is 38.8 Å². The van der Waals surface area contributed by atoms with Gasteiger partial charge in [0.1, 0.15) is 0 Å². The molecule has 1 amide bonds. The van der Waals surface area contributed by atoms with Crippen LogP contribution in [0.25, 0.3) is 0 Å². The lowest BCUT2D eigenvalue weighted by atomic mass is 10.2. The van der Waals surface area contributed by atoms with E-state index in [1.165, 1.54) is 0 Å². The molecule has 0 radical (unpaired) electrons. The average molecular weight is 268 g/mol. The van der Waals surface area contributed by atoms with Gasteiger partial charge in [-0.15, -0.1) is 0 Å². The third kappa shape index (κ3) is 3.91. The predicted octanol–water partition coefficient (Wildman–Crippen LogP) is -0.166. The smallest absolute Gasteiger partial charge is 0.236 e. The maximum Gasteiger partial charge on any atom is 0.236 e. The van der Waals surface area contributed by atoms with Crippen molar-refractivity contribution in [2.75, 3.05) is 58.9 Å². The van der Waals surface area contributed by atoms with Crippen molar-refractivity contribution in [1.82, 2.24) is 20.0 Å². The standard InChI is InChI=1S/C14H28N4O/c1-3-16(4-2)12-14(19)18-8-5-13(11-18)17-9-6-15-7-10-17/h13,15H,3-12H2,1-2H3. The summed E-state index contributed by atoms with van der Waals surface area (Å²) in [5, 5.41) is 3.38. The van der Waals surface area contributed by atoms with Crippen LogP contribution in [-0.2, 0) is 4.79 Å². The number of rotatable bonds is 5. The van der Waals surface area contributed by atoms with Gasteiger partial charge >= 0.3 is 0 Å². The van der Waals surface area contributed by atoms with Crippen LogP contribution in [0, 0.1) is 0 Å². The zero-order valence-corrected chi connectivity index (χ0v) is 12.4. The molecular formula is C14H28N4O. The van der Waals surface area contributed by atoms with E-state index in [1.807, 2.05) is 0 Å². The van der Waals surface area contributed by atoms with E-state index in [2.05, 4.69) is 33.9 Å². The van der Waals surface area contributed by atoms with Crippen LogP contribution in [0.4, 0.5) is 0 Å². The number of carbonyl (C=O) groups is 1. The molecule has 0 aromatic carbocycles. The third-order valence-electron chi connectivity index (χ3n) is 4.44. The van der Waals surface area contributed by atoms with Crippen LogP contribution in [0.1, 0.15) is 20.3 Å². The van der Waals surface area contributed by atoms with Gasteiger partial charge in [0.2, 0.25) is 5.91 Å². The van der Waals surface area contributed by atoms with Crippen molar-refractivity contribution >= 4 is 5.91 Å². The lowest BCUT2D eigenvalue weighted by Gasteiger charge is -2.32. The number of hydrogen-bond acceptors (Lipinski definition) is 4. The highest BCUT2D eigenvalue weighted by atomic mass is 16.2. The number of piperazine rings is 1. The number of nitrogens with zero attached hydrogens (tertiary/aromatic N) is 3. The third-order valence-corrected chi connectivity index (χ3v) is 4.44. The van der Waals surface area contributed by atoms with Gasteiger partial charge < -0.3 is 10.2 Å². The first-order valence-electron chi connectivity index (χ1n) is 7.69. The predicted molar refractivity (Wildman–Crippen MR) is 77.2 cm³/mol. The highest BCUT2D eigenvalue weighted by Gasteiger charge is 2.30. The SMILES string of the molecule is CCN(CC)CC(=O)N1CCC(N2CCNCC2)C1. The first-order chi connectivity index (χ1) is 9.24. The van der Waals surface area contributed by atoms with Crippen LogP contribution >= 0.6 is 0 Å². The van der Waals surface area contributed by atoms with Gasteiger partial charge in [0.05, 0.1) is 6.54 Å². The monoisotopic (exact) mass is 268 g/mol. The summed E-state index contributed by atoms with van der Waals surface area (Å²) in [5.41, 5.74) is 0. The van der Waals surface area contributed by atoms with Crippen molar-refractivity contribution in [3.8, 4) is 0 Å². The minimum atomic E-state index is 0.307. The van der Waals surface area contributed by atoms with Gasteiger partial charge in [-0.25, -0.2) is 0 Å². The molecule has 0 saturated carbocycles. The van der Waals surface area contributed by atoms with E-state index in [9.17, 15) is 4.79 Å². The molecule has 0 aromatic heterocycles. The summed E-state index contributed by atoms with van der Waals surface area (Å²) in [6, 6.07) is 0.586. The molecule has 5 nitrogen and oxygen atoms in total. The van der Waals surface area contributed by atoms with Crippen molar-refractivity contribution < 1.29 is 4.79 Å². The first kappa shape index (κ1) is 14.8. The Morgan fingerprint density at radius 1 is 1.21 bits per heavy atom. The number of likely N-dealkylation sites (N-methyl/N-ethyl adjacent to an activating group) is 1. The van der Waals surface area contributed by atoms with E-state index >= 15 is 0 Å². The summed E-state index contributed by atoms with van der Waals surface area (Å²) in [5.74, 6) is 0.307. The highest BCUT2D eigenvalue weighted by Crippen LogP contribution is 2.16. The number of hydrogen-bond donors (Lipinski definition) is 1. The number of carbonyl (C=O) groups excluding carboxylic acids is 1. The van der Waals surface area contributed by atoms with Crippen LogP contribution in [0.5, 0.6) is 0 Å². The molecule has 1 N–H and O–H groups in total.